The molecule has 0 saturated heterocycles. The number of hydrogen-bond donors (Lipinski definition) is 1. The Bertz CT molecular complexity index is 1300. The quantitative estimate of drug-likeness (QED) is 0.538. The molecule has 0 aliphatic carbocycles. The van der Waals surface area contributed by atoms with E-state index in [-0.39, 0.29) is 47.6 Å². The van der Waals surface area contributed by atoms with E-state index in [1.807, 2.05) is 0 Å². The number of halogens is 1. The molecule has 166 valence electrons. The van der Waals surface area contributed by atoms with Crippen molar-refractivity contribution in [3.05, 3.63) is 59.2 Å². The fraction of sp³-hybridized carbons (Fsp3) is 0.250. The van der Waals surface area contributed by atoms with Gasteiger partial charge in [-0.05, 0) is 42.8 Å². The third-order valence-corrected chi connectivity index (χ3v) is 6.44. The first kappa shape index (κ1) is 21.6. The molecule has 0 atom stereocenters. The minimum absolute atomic E-state index is 0.00922. The Labute approximate surface area is 182 Å². The number of Topliss-reactive ketones (excluding diaryl/α,β-unsaturated/α-hetero) is 1. The number of nitrogens with two attached hydrogens (primary N) is 1. The lowest BCUT2D eigenvalue weighted by molar-refractivity contribution is -0.113. The van der Waals surface area contributed by atoms with Gasteiger partial charge in [-0.2, -0.15) is 0 Å². The van der Waals surface area contributed by atoms with E-state index in [9.17, 15) is 17.6 Å². The highest BCUT2D eigenvalue weighted by Crippen LogP contribution is 2.22. The predicted molar refractivity (Wildman–Crippen MR) is 112 cm³/mol. The summed E-state index contributed by atoms with van der Waals surface area (Å²) in [5, 5.41) is 16.0. The molecule has 0 amide bonds. The van der Waals surface area contributed by atoms with Crippen LogP contribution < -0.4 is 10.5 Å². The van der Waals surface area contributed by atoms with Crippen molar-refractivity contribution in [2.75, 3.05) is 12.4 Å². The van der Waals surface area contributed by atoms with Crippen molar-refractivity contribution in [2.45, 2.75) is 19.2 Å². The van der Waals surface area contributed by atoms with Gasteiger partial charge in [-0.3, -0.25) is 4.79 Å². The number of ketones is 1. The first-order chi connectivity index (χ1) is 15.2. The summed E-state index contributed by atoms with van der Waals surface area (Å²) >= 11 is 0. The Balaban J connectivity index is 1.50. The minimum Gasteiger partial charge on any atom is -0.472 e. The van der Waals surface area contributed by atoms with Crippen molar-refractivity contribution >= 4 is 21.3 Å². The van der Waals surface area contributed by atoms with Crippen LogP contribution in [-0.2, 0) is 26.9 Å². The Morgan fingerprint density at radius 2 is 1.88 bits per heavy atom. The Kier molecular flexibility index (Phi) is 5.70. The molecule has 0 saturated carbocycles. The van der Waals surface area contributed by atoms with Gasteiger partial charge in [0.1, 0.15) is 29.7 Å². The topological polar surface area (TPSA) is 143 Å². The van der Waals surface area contributed by atoms with Gasteiger partial charge in [-0.15, -0.1) is 20.4 Å². The summed E-state index contributed by atoms with van der Waals surface area (Å²) in [7, 11) is -3.16. The molecule has 0 bridgehead atoms. The van der Waals surface area contributed by atoms with Gasteiger partial charge in [0, 0.05) is 18.3 Å². The van der Waals surface area contributed by atoms with Crippen LogP contribution in [0, 0.1) is 5.82 Å². The first-order valence-corrected chi connectivity index (χ1v) is 11.4. The Morgan fingerprint density at radius 3 is 2.53 bits per heavy atom. The number of carbonyl (C=O) groups excluding carboxylic acids is 1. The Hall–Kier alpha value is -3.67. The van der Waals surface area contributed by atoms with Crippen LogP contribution in [0.3, 0.4) is 0 Å². The third-order valence-electron chi connectivity index (χ3n) is 4.94. The largest absolute Gasteiger partial charge is 0.472 e. The molecule has 2 aromatic heterocycles. The lowest BCUT2D eigenvalue weighted by atomic mass is 10.0. The number of carbonyl (C=O) groups is 1. The van der Waals surface area contributed by atoms with Crippen LogP contribution in [0.2, 0.25) is 0 Å². The molecule has 0 radical (unpaired) electrons. The summed E-state index contributed by atoms with van der Waals surface area (Å²) in [6, 6.07) is 8.63. The lowest BCUT2D eigenvalue weighted by Crippen LogP contribution is -2.24. The van der Waals surface area contributed by atoms with Crippen molar-refractivity contribution in [1.29, 1.82) is 0 Å². The molecule has 2 N–H and O–H groups in total. The van der Waals surface area contributed by atoms with E-state index < -0.39 is 15.7 Å². The van der Waals surface area contributed by atoms with Gasteiger partial charge in [0.05, 0.1) is 11.3 Å². The average molecular weight is 458 g/mol. The molecule has 1 aliphatic rings. The van der Waals surface area contributed by atoms with E-state index in [0.29, 0.717) is 22.9 Å². The predicted octanol–water partition coefficient (Wildman–Crippen LogP) is 1.14. The molecule has 0 spiro atoms. The van der Waals surface area contributed by atoms with E-state index in [1.165, 1.54) is 31.2 Å². The zero-order chi connectivity index (χ0) is 22.9. The molecule has 12 heteroatoms. The highest BCUT2D eigenvalue weighted by atomic mass is 32.2. The van der Waals surface area contributed by atoms with Crippen LogP contribution in [0.15, 0.2) is 42.0 Å². The van der Waals surface area contributed by atoms with Gasteiger partial charge >= 0.3 is 0 Å². The molecular formula is C20H19FN6O4S. The van der Waals surface area contributed by atoms with Gasteiger partial charge in [0.2, 0.25) is 5.88 Å². The SMILES string of the molecule is CC(=O)/C(COc1ccc(-c2nnc3n2CCS(=O)(=O)C3)nn1)=C(\N)c1ccc(F)cc1. The van der Waals surface area contributed by atoms with E-state index in [2.05, 4.69) is 20.4 Å². The second-order valence-electron chi connectivity index (χ2n) is 7.18. The van der Waals surface area contributed by atoms with Crippen LogP contribution in [0.25, 0.3) is 17.2 Å². The van der Waals surface area contributed by atoms with Crippen LogP contribution >= 0.6 is 0 Å². The molecule has 10 nitrogen and oxygen atoms in total. The molecule has 0 unspecified atom stereocenters. The number of ether oxygens (including phenoxy) is 1. The normalized spacial score (nSPS) is 15.6. The molecule has 32 heavy (non-hydrogen) atoms. The van der Waals surface area contributed by atoms with Crippen LogP contribution in [-0.4, -0.2) is 51.5 Å². The summed E-state index contributed by atoms with van der Waals surface area (Å²) in [4.78, 5) is 12.0. The van der Waals surface area contributed by atoms with Crippen molar-refractivity contribution in [1.82, 2.24) is 25.0 Å². The van der Waals surface area contributed by atoms with Crippen molar-refractivity contribution < 1.29 is 22.3 Å². The highest BCUT2D eigenvalue weighted by Gasteiger charge is 2.26. The number of aromatic nitrogens is 5. The second-order valence-corrected chi connectivity index (χ2v) is 9.37. The third kappa shape index (κ3) is 4.49. The Morgan fingerprint density at radius 1 is 1.12 bits per heavy atom. The van der Waals surface area contributed by atoms with Crippen molar-refractivity contribution in [2.24, 2.45) is 5.73 Å². The van der Waals surface area contributed by atoms with Crippen LogP contribution in [0.1, 0.15) is 18.3 Å². The van der Waals surface area contributed by atoms with Crippen molar-refractivity contribution in [3.63, 3.8) is 0 Å². The number of sulfone groups is 1. The van der Waals surface area contributed by atoms with Gasteiger partial charge < -0.3 is 15.0 Å². The molecule has 3 aromatic rings. The zero-order valence-corrected chi connectivity index (χ0v) is 17.8. The van der Waals surface area contributed by atoms with Gasteiger partial charge in [0.15, 0.2) is 21.4 Å². The fourth-order valence-corrected chi connectivity index (χ4v) is 4.41. The molecule has 1 aromatic carbocycles. The number of rotatable bonds is 6. The number of benzene rings is 1. The summed E-state index contributed by atoms with van der Waals surface area (Å²) in [6.45, 7) is 1.46. The maximum Gasteiger partial charge on any atom is 0.233 e. The number of hydrogen-bond acceptors (Lipinski definition) is 9. The van der Waals surface area contributed by atoms with Crippen molar-refractivity contribution in [3.8, 4) is 17.4 Å². The number of fused-ring (bicyclic) bond motifs is 1. The molecular weight excluding hydrogens is 439 g/mol. The smallest absolute Gasteiger partial charge is 0.233 e. The van der Waals surface area contributed by atoms with E-state index >= 15 is 0 Å². The number of nitrogens with zero attached hydrogens (tertiary/aromatic N) is 5. The first-order valence-electron chi connectivity index (χ1n) is 9.58. The molecule has 0 fully saturated rings. The summed E-state index contributed by atoms with van der Waals surface area (Å²) in [5.74, 6) is 0.0779. The van der Waals surface area contributed by atoms with Crippen LogP contribution in [0.4, 0.5) is 4.39 Å². The maximum atomic E-state index is 13.1. The van der Waals surface area contributed by atoms with Gasteiger partial charge in [0.25, 0.3) is 0 Å². The fourth-order valence-electron chi connectivity index (χ4n) is 3.20. The monoisotopic (exact) mass is 458 g/mol. The minimum atomic E-state index is -3.16. The zero-order valence-electron chi connectivity index (χ0n) is 17.0. The second kappa shape index (κ2) is 8.46. The summed E-state index contributed by atoms with van der Waals surface area (Å²) in [6.07, 6.45) is 0. The molecule has 4 rings (SSSR count). The molecule has 1 aliphatic heterocycles. The average Bonchev–Trinajstić information content (AvgIpc) is 3.16. The summed E-state index contributed by atoms with van der Waals surface area (Å²) in [5.41, 5.74) is 7.40. The standard InChI is InChI=1S/C20H19FN6O4S/c1-12(28)15(19(22)13-2-4-14(21)5-3-13)10-31-18-7-6-16(23-25-18)20-26-24-17-11-32(29,30)9-8-27(17)20/h2-7H,8-11,22H2,1H3/b19-15-. The van der Waals surface area contributed by atoms with Gasteiger partial charge in [-0.25, -0.2) is 12.8 Å². The van der Waals surface area contributed by atoms with Crippen LogP contribution in [0.5, 0.6) is 5.88 Å². The summed E-state index contributed by atoms with van der Waals surface area (Å²) < 4.78 is 43.9. The maximum absolute atomic E-state index is 13.1. The van der Waals surface area contributed by atoms with Gasteiger partial charge in [-0.1, -0.05) is 0 Å². The van der Waals surface area contributed by atoms with E-state index in [1.54, 1.807) is 16.7 Å². The molecule has 3 heterocycles. The lowest BCUT2D eigenvalue weighted by Gasteiger charge is -2.15. The highest BCUT2D eigenvalue weighted by molar-refractivity contribution is 7.90. The van der Waals surface area contributed by atoms with E-state index in [0.717, 1.165) is 0 Å². The van der Waals surface area contributed by atoms with E-state index in [4.69, 9.17) is 10.5 Å².